The fraction of sp³-hybridized carbons (Fsp3) is 0.120. The van der Waals surface area contributed by atoms with Crippen molar-refractivity contribution in [1.82, 2.24) is 9.97 Å². The molecule has 0 saturated heterocycles. The van der Waals surface area contributed by atoms with E-state index in [4.69, 9.17) is 14.9 Å². The van der Waals surface area contributed by atoms with Crippen LogP contribution in [0.5, 0.6) is 11.5 Å². The number of nitriles is 2. The lowest BCUT2D eigenvalue weighted by atomic mass is 9.97. The molecule has 0 fully saturated rings. The molecule has 2 heterocycles. The molecule has 0 radical (unpaired) electrons. The summed E-state index contributed by atoms with van der Waals surface area (Å²) in [6, 6.07) is 17.8. The molecule has 34 heavy (non-hydrogen) atoms. The highest BCUT2D eigenvalue weighted by atomic mass is 32.2. The monoisotopic (exact) mass is 469 g/mol. The van der Waals surface area contributed by atoms with E-state index in [1.165, 1.54) is 23.9 Å². The van der Waals surface area contributed by atoms with Gasteiger partial charge in [-0.3, -0.25) is 0 Å². The Balaban J connectivity index is 1.67. The number of anilines is 1. The predicted molar refractivity (Wildman–Crippen MR) is 128 cm³/mol. The van der Waals surface area contributed by atoms with Gasteiger partial charge in [0.15, 0.2) is 0 Å². The predicted octanol–water partition coefficient (Wildman–Crippen LogP) is 5.04. The van der Waals surface area contributed by atoms with Crippen LogP contribution in [0.15, 0.2) is 58.0 Å². The number of ether oxygens (including phenoxy) is 1. The summed E-state index contributed by atoms with van der Waals surface area (Å²) in [5.41, 5.74) is 8.91. The first-order valence-corrected chi connectivity index (χ1v) is 11.1. The van der Waals surface area contributed by atoms with Crippen molar-refractivity contribution in [3.8, 4) is 46.2 Å². The Hall–Kier alpha value is -4.47. The summed E-state index contributed by atoms with van der Waals surface area (Å²) < 4.78 is 11.0. The number of rotatable bonds is 6. The van der Waals surface area contributed by atoms with Crippen LogP contribution in [0.1, 0.15) is 22.6 Å². The van der Waals surface area contributed by atoms with E-state index < -0.39 is 0 Å². The second-order valence-corrected chi connectivity index (χ2v) is 8.20. The maximum Gasteiger partial charge on any atom is 0.226 e. The van der Waals surface area contributed by atoms with E-state index in [0.29, 0.717) is 39.3 Å². The molecule has 0 unspecified atom stereocenters. The fourth-order valence-electron chi connectivity index (χ4n) is 3.38. The Labute approximate surface area is 200 Å². The first-order chi connectivity index (χ1) is 16.4. The number of hydrogen-bond acceptors (Lipinski definition) is 9. The second kappa shape index (κ2) is 9.57. The summed E-state index contributed by atoms with van der Waals surface area (Å²) in [5.74, 6) is 2.36. The number of hydrogen-bond donors (Lipinski definition) is 2. The van der Waals surface area contributed by atoms with Crippen LogP contribution in [0.4, 0.5) is 5.82 Å². The third kappa shape index (κ3) is 4.38. The van der Waals surface area contributed by atoms with Crippen LogP contribution in [0, 0.1) is 29.6 Å². The van der Waals surface area contributed by atoms with Crippen molar-refractivity contribution in [2.75, 3.05) is 12.8 Å². The van der Waals surface area contributed by atoms with Crippen molar-refractivity contribution in [1.29, 1.82) is 10.5 Å². The van der Waals surface area contributed by atoms with Gasteiger partial charge in [0.1, 0.15) is 45.8 Å². The fourth-order valence-corrected chi connectivity index (χ4v) is 4.37. The van der Waals surface area contributed by atoms with E-state index in [2.05, 4.69) is 16.0 Å². The van der Waals surface area contributed by atoms with E-state index in [9.17, 15) is 15.6 Å². The van der Waals surface area contributed by atoms with Crippen LogP contribution in [0.25, 0.3) is 22.6 Å². The van der Waals surface area contributed by atoms with E-state index in [1.54, 1.807) is 19.2 Å². The first-order valence-electron chi connectivity index (χ1n) is 10.1. The molecular formula is C25H19N5O3S. The number of nitrogens with zero attached hydrogens (tertiary/aromatic N) is 4. The van der Waals surface area contributed by atoms with Gasteiger partial charge in [0, 0.05) is 16.9 Å². The molecule has 4 aromatic rings. The van der Waals surface area contributed by atoms with Crippen LogP contribution in [0.3, 0.4) is 0 Å². The maximum absolute atomic E-state index is 9.93. The molecule has 2 aromatic heterocycles. The highest BCUT2D eigenvalue weighted by molar-refractivity contribution is 7.98. The lowest BCUT2D eigenvalue weighted by molar-refractivity contribution is 0.415. The molecule has 168 valence electrons. The van der Waals surface area contributed by atoms with E-state index in [-0.39, 0.29) is 22.7 Å². The number of phenols is 1. The number of phenolic OH excluding ortho intramolecular Hbond substituents is 1. The van der Waals surface area contributed by atoms with Crippen LogP contribution >= 0.6 is 11.8 Å². The molecule has 0 aliphatic heterocycles. The van der Waals surface area contributed by atoms with Gasteiger partial charge in [0.25, 0.3) is 0 Å². The topological polar surface area (TPSA) is 142 Å². The van der Waals surface area contributed by atoms with Gasteiger partial charge in [-0.05, 0) is 48.9 Å². The Morgan fingerprint density at radius 2 is 1.65 bits per heavy atom. The number of pyridine rings is 1. The van der Waals surface area contributed by atoms with Crippen molar-refractivity contribution in [3.63, 3.8) is 0 Å². The smallest absolute Gasteiger partial charge is 0.226 e. The molecule has 2 aromatic carbocycles. The number of thioether (sulfide) groups is 1. The van der Waals surface area contributed by atoms with Crippen molar-refractivity contribution in [3.05, 3.63) is 71.1 Å². The first kappa shape index (κ1) is 22.7. The van der Waals surface area contributed by atoms with Gasteiger partial charge in [-0.2, -0.15) is 10.5 Å². The Bertz CT molecular complexity index is 1430. The number of benzene rings is 2. The van der Waals surface area contributed by atoms with Crippen molar-refractivity contribution in [2.24, 2.45) is 0 Å². The largest absolute Gasteiger partial charge is 0.508 e. The SMILES string of the molecule is COc1ccc(-c2nc(CSc3nc(N)c(C#N)c(-c4ccc(O)cc4)c3C#N)c(C)o2)cc1. The van der Waals surface area contributed by atoms with Gasteiger partial charge < -0.3 is 20.0 Å². The molecule has 0 aliphatic carbocycles. The third-order valence-electron chi connectivity index (χ3n) is 5.15. The molecule has 0 atom stereocenters. The summed E-state index contributed by atoms with van der Waals surface area (Å²) in [6.45, 7) is 1.82. The molecule has 4 rings (SSSR count). The third-order valence-corrected chi connectivity index (χ3v) is 6.13. The van der Waals surface area contributed by atoms with Crippen molar-refractivity contribution < 1.29 is 14.3 Å². The molecule has 9 heteroatoms. The number of aryl methyl sites for hydroxylation is 1. The van der Waals surface area contributed by atoms with Crippen molar-refractivity contribution >= 4 is 17.6 Å². The number of oxazole rings is 1. The number of aromatic nitrogens is 2. The zero-order valence-corrected chi connectivity index (χ0v) is 19.2. The minimum atomic E-state index is 0.0304. The quantitative estimate of drug-likeness (QED) is 0.371. The van der Waals surface area contributed by atoms with Crippen molar-refractivity contribution in [2.45, 2.75) is 17.7 Å². The molecular weight excluding hydrogens is 450 g/mol. The van der Waals surface area contributed by atoms with Gasteiger partial charge in [-0.1, -0.05) is 23.9 Å². The summed E-state index contributed by atoms with van der Waals surface area (Å²) in [4.78, 5) is 8.92. The average Bonchev–Trinajstić information content (AvgIpc) is 3.23. The Kier molecular flexibility index (Phi) is 6.39. The number of nitrogen functional groups attached to an aromatic ring is 1. The number of aromatic hydroxyl groups is 1. The zero-order valence-electron chi connectivity index (χ0n) is 18.4. The van der Waals surface area contributed by atoms with Crippen LogP contribution in [0.2, 0.25) is 0 Å². The average molecular weight is 470 g/mol. The minimum Gasteiger partial charge on any atom is -0.508 e. The zero-order chi connectivity index (χ0) is 24.2. The summed E-state index contributed by atoms with van der Waals surface area (Å²) in [6.07, 6.45) is 0. The summed E-state index contributed by atoms with van der Waals surface area (Å²) in [5, 5.41) is 29.6. The lowest BCUT2D eigenvalue weighted by Crippen LogP contribution is -2.03. The van der Waals surface area contributed by atoms with Crippen LogP contribution in [-0.2, 0) is 5.75 Å². The maximum atomic E-state index is 9.93. The van der Waals surface area contributed by atoms with E-state index >= 15 is 0 Å². The second-order valence-electron chi connectivity index (χ2n) is 7.24. The van der Waals surface area contributed by atoms with Gasteiger partial charge in [0.2, 0.25) is 5.89 Å². The Morgan fingerprint density at radius 1 is 1.00 bits per heavy atom. The summed E-state index contributed by atoms with van der Waals surface area (Å²) in [7, 11) is 1.60. The molecule has 3 N–H and O–H groups in total. The lowest BCUT2D eigenvalue weighted by Gasteiger charge is -2.12. The number of methoxy groups -OCH3 is 1. The Morgan fingerprint density at radius 3 is 2.26 bits per heavy atom. The molecule has 0 spiro atoms. The molecule has 0 bridgehead atoms. The standard InChI is InChI=1S/C25H19N5O3S/c1-14-21(29-24(33-14)16-5-9-18(32-2)10-6-16)13-34-25-20(12-27)22(19(11-26)23(28)30-25)15-3-7-17(31)8-4-15/h3-10,31H,13H2,1-2H3,(H2,28,30). The molecule has 0 aliphatic rings. The van der Waals surface area contributed by atoms with Gasteiger partial charge >= 0.3 is 0 Å². The van der Waals surface area contributed by atoms with E-state index in [1.807, 2.05) is 37.3 Å². The highest BCUT2D eigenvalue weighted by Crippen LogP contribution is 2.37. The highest BCUT2D eigenvalue weighted by Gasteiger charge is 2.21. The van der Waals surface area contributed by atoms with Gasteiger partial charge in [-0.15, -0.1) is 0 Å². The van der Waals surface area contributed by atoms with Gasteiger partial charge in [0.05, 0.1) is 18.4 Å². The van der Waals surface area contributed by atoms with E-state index in [0.717, 1.165) is 11.3 Å². The van der Waals surface area contributed by atoms with Gasteiger partial charge in [-0.25, -0.2) is 9.97 Å². The molecule has 0 amide bonds. The molecule has 0 saturated carbocycles. The van der Waals surface area contributed by atoms with Crippen LogP contribution in [-0.4, -0.2) is 22.2 Å². The van der Waals surface area contributed by atoms with Crippen LogP contribution < -0.4 is 10.5 Å². The number of nitrogens with two attached hydrogens (primary N) is 1. The molecule has 8 nitrogen and oxygen atoms in total. The summed E-state index contributed by atoms with van der Waals surface area (Å²) >= 11 is 1.28. The normalized spacial score (nSPS) is 10.5. The minimum absolute atomic E-state index is 0.0304.